The zero-order valence-electron chi connectivity index (χ0n) is 8.22. The molecular weight excluding hydrogens is 226 g/mol. The van der Waals surface area contributed by atoms with Crippen LogP contribution in [0.1, 0.15) is 10.4 Å². The van der Waals surface area contributed by atoms with Crippen LogP contribution in [0, 0.1) is 0 Å². The van der Waals surface area contributed by atoms with Gasteiger partial charge in [0, 0.05) is 24.2 Å². The summed E-state index contributed by atoms with van der Waals surface area (Å²) >= 11 is 5.89. The zero-order chi connectivity index (χ0) is 11.4. The van der Waals surface area contributed by atoms with Crippen LogP contribution in [0.25, 0.3) is 0 Å². The van der Waals surface area contributed by atoms with E-state index in [1.165, 1.54) is 6.20 Å². The number of nitrogens with one attached hydrogen (secondary N) is 1. The van der Waals surface area contributed by atoms with Gasteiger partial charge in [-0.1, -0.05) is 11.6 Å². The van der Waals surface area contributed by atoms with Gasteiger partial charge in [-0.25, -0.2) is 0 Å². The molecule has 2 aromatic heterocycles. The highest BCUT2D eigenvalue weighted by atomic mass is 35.5. The highest BCUT2D eigenvalue weighted by Gasteiger charge is 2.07. The molecular formula is C11H8ClN3O. The highest BCUT2D eigenvalue weighted by Crippen LogP contribution is 2.19. The van der Waals surface area contributed by atoms with Crippen molar-refractivity contribution in [1.82, 2.24) is 9.97 Å². The zero-order valence-corrected chi connectivity index (χ0v) is 8.98. The van der Waals surface area contributed by atoms with Crippen LogP contribution >= 0.6 is 11.6 Å². The maximum Gasteiger partial charge on any atom is 0.255 e. The first-order chi connectivity index (χ1) is 7.77. The third kappa shape index (κ3) is 2.35. The second kappa shape index (κ2) is 4.72. The van der Waals surface area contributed by atoms with Gasteiger partial charge in [-0.15, -0.1) is 0 Å². The molecule has 0 saturated heterocycles. The van der Waals surface area contributed by atoms with Crippen LogP contribution in [0.5, 0.6) is 0 Å². The number of halogens is 1. The highest BCUT2D eigenvalue weighted by molar-refractivity contribution is 6.33. The Hall–Kier alpha value is -1.94. The predicted octanol–water partition coefficient (Wildman–Crippen LogP) is 2.38. The SMILES string of the molecule is O=C(Nc1cnccc1Cl)c1ccncc1. The van der Waals surface area contributed by atoms with E-state index in [2.05, 4.69) is 15.3 Å². The number of carbonyl (C=O) groups is 1. The number of hydrogen-bond donors (Lipinski definition) is 1. The van der Waals surface area contributed by atoms with Crippen LogP contribution in [0.4, 0.5) is 5.69 Å². The number of nitrogens with zero attached hydrogens (tertiary/aromatic N) is 2. The molecule has 0 saturated carbocycles. The summed E-state index contributed by atoms with van der Waals surface area (Å²) in [7, 11) is 0. The minimum Gasteiger partial charge on any atom is -0.319 e. The van der Waals surface area contributed by atoms with E-state index < -0.39 is 0 Å². The van der Waals surface area contributed by atoms with Crippen molar-refractivity contribution in [2.24, 2.45) is 0 Å². The minimum absolute atomic E-state index is 0.239. The molecule has 0 aliphatic carbocycles. The van der Waals surface area contributed by atoms with E-state index in [-0.39, 0.29) is 5.91 Å². The van der Waals surface area contributed by atoms with Crippen molar-refractivity contribution >= 4 is 23.2 Å². The van der Waals surface area contributed by atoms with Crippen LogP contribution in [0.15, 0.2) is 43.0 Å². The van der Waals surface area contributed by atoms with Gasteiger partial charge < -0.3 is 5.32 Å². The van der Waals surface area contributed by atoms with Crippen LogP contribution in [-0.2, 0) is 0 Å². The van der Waals surface area contributed by atoms with Crippen molar-refractivity contribution in [3.63, 3.8) is 0 Å². The molecule has 0 spiro atoms. The lowest BCUT2D eigenvalue weighted by molar-refractivity contribution is 0.102. The Morgan fingerprint density at radius 3 is 2.50 bits per heavy atom. The molecule has 1 amide bonds. The molecule has 0 unspecified atom stereocenters. The van der Waals surface area contributed by atoms with Gasteiger partial charge in [-0.05, 0) is 18.2 Å². The monoisotopic (exact) mass is 233 g/mol. The standard InChI is InChI=1S/C11H8ClN3O/c12-9-3-6-14-7-10(9)15-11(16)8-1-4-13-5-2-8/h1-7H,(H,15,16). The fourth-order valence-corrected chi connectivity index (χ4v) is 1.32. The second-order valence-corrected chi connectivity index (χ2v) is 3.45. The quantitative estimate of drug-likeness (QED) is 0.867. The lowest BCUT2D eigenvalue weighted by Gasteiger charge is -2.05. The Labute approximate surface area is 97.3 Å². The van der Waals surface area contributed by atoms with Crippen LogP contribution in [0.2, 0.25) is 5.02 Å². The average Bonchev–Trinajstić information content (AvgIpc) is 2.33. The van der Waals surface area contributed by atoms with E-state index in [1.54, 1.807) is 36.8 Å². The number of amides is 1. The van der Waals surface area contributed by atoms with Crippen molar-refractivity contribution in [2.45, 2.75) is 0 Å². The third-order valence-corrected chi connectivity index (χ3v) is 2.29. The van der Waals surface area contributed by atoms with Crippen molar-refractivity contribution in [1.29, 1.82) is 0 Å². The molecule has 0 aromatic carbocycles. The number of aromatic nitrogens is 2. The Kier molecular flexibility index (Phi) is 3.12. The largest absolute Gasteiger partial charge is 0.319 e. The van der Waals surface area contributed by atoms with E-state index in [9.17, 15) is 4.79 Å². The van der Waals surface area contributed by atoms with Crippen molar-refractivity contribution in [3.8, 4) is 0 Å². The fraction of sp³-hybridized carbons (Fsp3) is 0. The Balaban J connectivity index is 2.18. The maximum absolute atomic E-state index is 11.7. The molecule has 2 heterocycles. The molecule has 0 radical (unpaired) electrons. The Bertz CT molecular complexity index is 502. The molecule has 80 valence electrons. The van der Waals surface area contributed by atoms with E-state index in [4.69, 9.17) is 11.6 Å². The number of pyridine rings is 2. The minimum atomic E-state index is -0.239. The Morgan fingerprint density at radius 2 is 1.81 bits per heavy atom. The molecule has 4 nitrogen and oxygen atoms in total. The van der Waals surface area contributed by atoms with E-state index in [1.807, 2.05) is 0 Å². The van der Waals surface area contributed by atoms with Crippen molar-refractivity contribution < 1.29 is 4.79 Å². The van der Waals surface area contributed by atoms with Gasteiger partial charge in [0.05, 0.1) is 16.9 Å². The number of hydrogen-bond acceptors (Lipinski definition) is 3. The summed E-state index contributed by atoms with van der Waals surface area (Å²) in [6.45, 7) is 0. The van der Waals surface area contributed by atoms with E-state index in [0.29, 0.717) is 16.3 Å². The van der Waals surface area contributed by atoms with E-state index >= 15 is 0 Å². The molecule has 2 aromatic rings. The van der Waals surface area contributed by atoms with Crippen molar-refractivity contribution in [2.75, 3.05) is 5.32 Å². The molecule has 16 heavy (non-hydrogen) atoms. The average molecular weight is 234 g/mol. The summed E-state index contributed by atoms with van der Waals surface area (Å²) in [5.41, 5.74) is 1.01. The molecule has 1 N–H and O–H groups in total. The smallest absolute Gasteiger partial charge is 0.255 e. The lowest BCUT2D eigenvalue weighted by atomic mass is 10.2. The number of carbonyl (C=O) groups excluding carboxylic acids is 1. The molecule has 0 aliphatic heterocycles. The Morgan fingerprint density at radius 1 is 1.12 bits per heavy atom. The van der Waals surface area contributed by atoms with Gasteiger partial charge in [0.25, 0.3) is 5.91 Å². The van der Waals surface area contributed by atoms with Gasteiger partial charge in [0.1, 0.15) is 0 Å². The predicted molar refractivity (Wildman–Crippen MR) is 61.4 cm³/mol. The second-order valence-electron chi connectivity index (χ2n) is 3.05. The molecule has 0 aliphatic rings. The first-order valence-corrected chi connectivity index (χ1v) is 4.96. The van der Waals surface area contributed by atoms with Crippen molar-refractivity contribution in [3.05, 3.63) is 53.6 Å². The van der Waals surface area contributed by atoms with Gasteiger partial charge in [-0.2, -0.15) is 0 Å². The van der Waals surface area contributed by atoms with Gasteiger partial charge >= 0.3 is 0 Å². The summed E-state index contributed by atoms with van der Waals surface area (Å²) in [4.78, 5) is 19.5. The maximum atomic E-state index is 11.7. The summed E-state index contributed by atoms with van der Waals surface area (Å²) < 4.78 is 0. The summed E-state index contributed by atoms with van der Waals surface area (Å²) in [5.74, 6) is -0.239. The van der Waals surface area contributed by atoms with Gasteiger partial charge in [-0.3, -0.25) is 14.8 Å². The number of rotatable bonds is 2. The fourth-order valence-electron chi connectivity index (χ4n) is 1.17. The van der Waals surface area contributed by atoms with Crippen LogP contribution in [-0.4, -0.2) is 15.9 Å². The van der Waals surface area contributed by atoms with Gasteiger partial charge in [0.2, 0.25) is 0 Å². The lowest BCUT2D eigenvalue weighted by Crippen LogP contribution is -2.12. The first kappa shape index (κ1) is 10.6. The summed E-state index contributed by atoms with van der Waals surface area (Å²) in [6.07, 6.45) is 6.17. The molecule has 0 atom stereocenters. The summed E-state index contributed by atoms with van der Waals surface area (Å²) in [5, 5.41) is 3.12. The molecule has 0 fully saturated rings. The number of anilines is 1. The molecule has 2 rings (SSSR count). The summed E-state index contributed by atoms with van der Waals surface area (Å²) in [6, 6.07) is 4.86. The first-order valence-electron chi connectivity index (χ1n) is 4.58. The van der Waals surface area contributed by atoms with Crippen LogP contribution in [0.3, 0.4) is 0 Å². The molecule has 0 bridgehead atoms. The molecule has 5 heteroatoms. The normalized spacial score (nSPS) is 9.81. The van der Waals surface area contributed by atoms with Crippen LogP contribution < -0.4 is 5.32 Å². The topological polar surface area (TPSA) is 54.9 Å². The third-order valence-electron chi connectivity index (χ3n) is 1.96. The van der Waals surface area contributed by atoms with E-state index in [0.717, 1.165) is 0 Å². The van der Waals surface area contributed by atoms with Gasteiger partial charge in [0.15, 0.2) is 0 Å².